The highest BCUT2D eigenvalue weighted by Crippen LogP contribution is 2.18. The van der Waals surface area contributed by atoms with Gasteiger partial charge in [0.15, 0.2) is 6.29 Å². The summed E-state index contributed by atoms with van der Waals surface area (Å²) in [7, 11) is 2.58. The number of benzene rings is 1. The van der Waals surface area contributed by atoms with Crippen LogP contribution in [0, 0.1) is 0 Å². The van der Waals surface area contributed by atoms with Crippen LogP contribution in [0.5, 0.6) is 0 Å². The molecular weight excluding hydrogens is 288 g/mol. The summed E-state index contributed by atoms with van der Waals surface area (Å²) in [6, 6.07) is 4.72. The number of hydrogen-bond donors (Lipinski definition) is 0. The third-order valence-corrected chi connectivity index (χ3v) is 3.41. The van der Waals surface area contributed by atoms with Crippen molar-refractivity contribution in [2.24, 2.45) is 0 Å². The highest BCUT2D eigenvalue weighted by Gasteiger charge is 2.17. The van der Waals surface area contributed by atoms with E-state index >= 15 is 0 Å². The van der Waals surface area contributed by atoms with Crippen LogP contribution in [0.25, 0.3) is 0 Å². The second kappa shape index (κ2) is 7.91. The molecule has 0 aliphatic carbocycles. The number of carbonyl (C=O) groups is 2. The normalized spacial score (nSPS) is 17.8. The first kappa shape index (κ1) is 16.5. The number of hydrogen-bond acceptors (Lipinski definition) is 6. The Balaban J connectivity index is 2.13. The maximum absolute atomic E-state index is 11.7. The van der Waals surface area contributed by atoms with Crippen LogP contribution in [0.2, 0.25) is 0 Å². The van der Waals surface area contributed by atoms with Gasteiger partial charge in [-0.15, -0.1) is 0 Å². The van der Waals surface area contributed by atoms with Gasteiger partial charge in [0.1, 0.15) is 0 Å². The molecule has 1 aromatic carbocycles. The lowest BCUT2D eigenvalue weighted by Gasteiger charge is -2.22. The maximum Gasteiger partial charge on any atom is 0.337 e. The van der Waals surface area contributed by atoms with E-state index < -0.39 is 11.9 Å². The minimum absolute atomic E-state index is 0.239. The third-order valence-electron chi connectivity index (χ3n) is 3.41. The topological polar surface area (TPSA) is 71.1 Å². The number of ether oxygens (including phenoxy) is 4. The van der Waals surface area contributed by atoms with Crippen LogP contribution in [0.4, 0.5) is 0 Å². The van der Waals surface area contributed by atoms with E-state index in [1.165, 1.54) is 20.3 Å². The van der Waals surface area contributed by atoms with Crippen LogP contribution in [0.15, 0.2) is 18.2 Å². The van der Waals surface area contributed by atoms with Gasteiger partial charge in [0.2, 0.25) is 0 Å². The molecule has 1 aliphatic heterocycles. The Bertz CT molecular complexity index is 499. The fourth-order valence-corrected chi connectivity index (χ4v) is 2.28. The van der Waals surface area contributed by atoms with E-state index in [9.17, 15) is 9.59 Å². The predicted molar refractivity (Wildman–Crippen MR) is 77.5 cm³/mol. The van der Waals surface area contributed by atoms with Crippen molar-refractivity contribution in [1.29, 1.82) is 0 Å². The molecule has 0 spiro atoms. The molecule has 22 heavy (non-hydrogen) atoms. The average Bonchev–Trinajstić information content (AvgIpc) is 2.59. The fourth-order valence-electron chi connectivity index (χ4n) is 2.28. The second-order valence-electron chi connectivity index (χ2n) is 5.01. The fraction of sp³-hybridized carbons (Fsp3) is 0.500. The molecule has 0 amide bonds. The minimum Gasteiger partial charge on any atom is -0.465 e. The Kier molecular flexibility index (Phi) is 5.91. The first-order valence-corrected chi connectivity index (χ1v) is 7.18. The van der Waals surface area contributed by atoms with Gasteiger partial charge in [-0.05, 0) is 43.0 Å². The Labute approximate surface area is 129 Å². The molecule has 120 valence electrons. The molecule has 0 bridgehead atoms. The summed E-state index contributed by atoms with van der Waals surface area (Å²) in [6.07, 6.45) is 2.72. The number of esters is 2. The zero-order chi connectivity index (χ0) is 15.9. The average molecular weight is 308 g/mol. The van der Waals surface area contributed by atoms with Crippen molar-refractivity contribution in [3.63, 3.8) is 0 Å². The molecule has 0 N–H and O–H groups in total. The van der Waals surface area contributed by atoms with E-state index in [1.54, 1.807) is 12.1 Å². The lowest BCUT2D eigenvalue weighted by Crippen LogP contribution is -2.22. The molecule has 6 heteroatoms. The van der Waals surface area contributed by atoms with Crippen molar-refractivity contribution in [1.82, 2.24) is 0 Å². The van der Waals surface area contributed by atoms with Crippen LogP contribution in [0.3, 0.4) is 0 Å². The lowest BCUT2D eigenvalue weighted by molar-refractivity contribution is -0.168. The van der Waals surface area contributed by atoms with Crippen LogP contribution >= 0.6 is 0 Å². The molecule has 1 atom stereocenters. The highest BCUT2D eigenvalue weighted by molar-refractivity contribution is 5.95. The van der Waals surface area contributed by atoms with Crippen molar-refractivity contribution in [3.05, 3.63) is 34.9 Å². The monoisotopic (exact) mass is 308 g/mol. The zero-order valence-electron chi connectivity index (χ0n) is 12.8. The Hall–Kier alpha value is -1.92. The van der Waals surface area contributed by atoms with Crippen molar-refractivity contribution < 1.29 is 28.5 Å². The molecule has 0 radical (unpaired) electrons. The molecule has 1 aromatic rings. The molecule has 1 heterocycles. The van der Waals surface area contributed by atoms with E-state index in [1.807, 2.05) is 0 Å². The SMILES string of the molecule is COC(=O)c1cc(COC2CCCCO2)cc(C(=O)OC)c1. The van der Waals surface area contributed by atoms with Crippen molar-refractivity contribution in [2.75, 3.05) is 20.8 Å². The number of methoxy groups -OCH3 is 2. The molecular formula is C16H20O6. The maximum atomic E-state index is 11.7. The summed E-state index contributed by atoms with van der Waals surface area (Å²) in [5.74, 6) is -1.03. The van der Waals surface area contributed by atoms with E-state index in [-0.39, 0.29) is 24.0 Å². The molecule has 0 aromatic heterocycles. The summed E-state index contributed by atoms with van der Waals surface area (Å²) in [6.45, 7) is 0.944. The van der Waals surface area contributed by atoms with E-state index in [4.69, 9.17) is 18.9 Å². The van der Waals surface area contributed by atoms with E-state index in [2.05, 4.69) is 0 Å². The Morgan fingerprint density at radius 1 is 1.09 bits per heavy atom. The van der Waals surface area contributed by atoms with E-state index in [0.717, 1.165) is 19.3 Å². The van der Waals surface area contributed by atoms with Crippen LogP contribution in [-0.2, 0) is 25.6 Å². The Morgan fingerprint density at radius 2 is 1.73 bits per heavy atom. The first-order valence-electron chi connectivity index (χ1n) is 7.18. The van der Waals surface area contributed by atoms with Gasteiger partial charge in [-0.1, -0.05) is 0 Å². The van der Waals surface area contributed by atoms with Gasteiger partial charge in [0.05, 0.1) is 32.0 Å². The largest absolute Gasteiger partial charge is 0.465 e. The molecule has 6 nitrogen and oxygen atoms in total. The van der Waals surface area contributed by atoms with Crippen molar-refractivity contribution in [3.8, 4) is 0 Å². The summed E-state index contributed by atoms with van der Waals surface area (Å²) < 4.78 is 20.6. The van der Waals surface area contributed by atoms with Crippen LogP contribution in [-0.4, -0.2) is 39.1 Å². The predicted octanol–water partition coefficient (Wildman–Crippen LogP) is 2.30. The summed E-state index contributed by atoms with van der Waals surface area (Å²) >= 11 is 0. The molecule has 1 unspecified atom stereocenters. The van der Waals surface area contributed by atoms with Gasteiger partial charge >= 0.3 is 11.9 Å². The lowest BCUT2D eigenvalue weighted by atomic mass is 10.1. The summed E-state index contributed by atoms with van der Waals surface area (Å²) in [4.78, 5) is 23.4. The van der Waals surface area contributed by atoms with Gasteiger partial charge in [0.25, 0.3) is 0 Å². The zero-order valence-corrected chi connectivity index (χ0v) is 12.8. The summed E-state index contributed by atoms with van der Waals surface area (Å²) in [5.41, 5.74) is 1.26. The molecule has 1 aliphatic rings. The Morgan fingerprint density at radius 3 is 2.23 bits per heavy atom. The quantitative estimate of drug-likeness (QED) is 0.777. The molecule has 1 saturated heterocycles. The van der Waals surface area contributed by atoms with Gasteiger partial charge in [-0.2, -0.15) is 0 Å². The standard InChI is InChI=1S/C16H20O6/c1-19-15(17)12-7-11(8-13(9-12)16(18)20-2)10-22-14-5-3-4-6-21-14/h7-9,14H,3-6,10H2,1-2H3. The minimum atomic E-state index is -0.513. The van der Waals surface area contributed by atoms with Crippen LogP contribution in [0.1, 0.15) is 45.5 Å². The van der Waals surface area contributed by atoms with E-state index in [0.29, 0.717) is 12.2 Å². The smallest absolute Gasteiger partial charge is 0.337 e. The van der Waals surface area contributed by atoms with Crippen molar-refractivity contribution in [2.45, 2.75) is 32.2 Å². The first-order chi connectivity index (χ1) is 10.6. The van der Waals surface area contributed by atoms with Gasteiger partial charge in [0, 0.05) is 6.61 Å². The van der Waals surface area contributed by atoms with Gasteiger partial charge in [-0.3, -0.25) is 0 Å². The highest BCUT2D eigenvalue weighted by atomic mass is 16.7. The van der Waals surface area contributed by atoms with Gasteiger partial charge < -0.3 is 18.9 Å². The number of rotatable bonds is 5. The van der Waals surface area contributed by atoms with Crippen molar-refractivity contribution >= 4 is 11.9 Å². The van der Waals surface area contributed by atoms with Gasteiger partial charge in [-0.25, -0.2) is 9.59 Å². The molecule has 2 rings (SSSR count). The molecule has 1 fully saturated rings. The third kappa shape index (κ3) is 4.29. The molecule has 0 saturated carbocycles. The second-order valence-corrected chi connectivity index (χ2v) is 5.01. The number of carbonyl (C=O) groups excluding carboxylic acids is 2. The summed E-state index contributed by atoms with van der Waals surface area (Å²) in [5, 5.41) is 0. The van der Waals surface area contributed by atoms with Crippen LogP contribution < -0.4 is 0 Å².